The fourth-order valence-corrected chi connectivity index (χ4v) is 3.96. The molecule has 3 aromatic rings. The van der Waals surface area contributed by atoms with Crippen molar-refractivity contribution in [3.05, 3.63) is 54.4 Å². The fourth-order valence-electron chi connectivity index (χ4n) is 3.96. The van der Waals surface area contributed by atoms with Crippen molar-refractivity contribution >= 4 is 16.9 Å². The number of hydrogen-bond donors (Lipinski definition) is 0. The predicted molar refractivity (Wildman–Crippen MR) is 112 cm³/mol. The van der Waals surface area contributed by atoms with Crippen molar-refractivity contribution < 1.29 is 14.3 Å². The van der Waals surface area contributed by atoms with E-state index in [1.54, 1.807) is 7.11 Å². The fraction of sp³-hybridized carbons (Fsp3) is 0.391. The molecular weight excluding hydrogens is 366 g/mol. The predicted octanol–water partition coefficient (Wildman–Crippen LogP) is 3.67. The van der Waals surface area contributed by atoms with E-state index in [0.29, 0.717) is 11.7 Å². The minimum atomic E-state index is 0.0449. The summed E-state index contributed by atoms with van der Waals surface area (Å²) in [7, 11) is 1.62. The maximum absolute atomic E-state index is 12.5. The van der Waals surface area contributed by atoms with E-state index in [1.165, 1.54) is 5.52 Å². The first kappa shape index (κ1) is 19.3. The van der Waals surface area contributed by atoms with E-state index in [1.807, 2.05) is 35.2 Å². The van der Waals surface area contributed by atoms with E-state index in [2.05, 4.69) is 34.7 Å². The molecule has 29 heavy (non-hydrogen) atoms. The molecule has 1 fully saturated rings. The van der Waals surface area contributed by atoms with Gasteiger partial charge in [0.2, 0.25) is 0 Å². The molecule has 1 amide bonds. The van der Waals surface area contributed by atoms with Crippen molar-refractivity contribution in [3.63, 3.8) is 0 Å². The van der Waals surface area contributed by atoms with E-state index < -0.39 is 0 Å². The molecule has 1 aliphatic rings. The van der Waals surface area contributed by atoms with Gasteiger partial charge in [0.1, 0.15) is 17.3 Å². The summed E-state index contributed by atoms with van der Waals surface area (Å²) < 4.78 is 13.1. The second-order valence-corrected chi connectivity index (χ2v) is 7.55. The number of methoxy groups -OCH3 is 1. The Kier molecular flexibility index (Phi) is 5.69. The van der Waals surface area contributed by atoms with Crippen molar-refractivity contribution in [2.45, 2.75) is 26.3 Å². The molecule has 1 aliphatic heterocycles. The molecule has 0 N–H and O–H groups in total. The van der Waals surface area contributed by atoms with E-state index in [9.17, 15) is 4.79 Å². The van der Waals surface area contributed by atoms with Crippen LogP contribution in [0.1, 0.15) is 18.7 Å². The molecule has 0 bridgehead atoms. The first-order valence-electron chi connectivity index (χ1n) is 10.1. The minimum absolute atomic E-state index is 0.0449. The van der Waals surface area contributed by atoms with Crippen LogP contribution >= 0.6 is 0 Å². The SMILES string of the molecule is COc1ccc(OCC(=O)N2CCC(Cn3c(C)nc4ccccc43)CC2)cc1. The topological polar surface area (TPSA) is 56.6 Å². The Morgan fingerprint density at radius 3 is 2.48 bits per heavy atom. The number of amides is 1. The standard InChI is InChI=1S/C23H27N3O3/c1-17-24-21-5-3-4-6-22(21)26(17)15-18-11-13-25(14-12-18)23(27)16-29-20-9-7-19(28-2)8-10-20/h3-10,18H,11-16H2,1-2H3. The normalized spacial score (nSPS) is 14.9. The number of carbonyl (C=O) groups excluding carboxylic acids is 1. The Bertz CT molecular complexity index is 973. The third-order valence-corrected chi connectivity index (χ3v) is 5.68. The first-order chi connectivity index (χ1) is 14.1. The van der Waals surface area contributed by atoms with Crippen molar-refractivity contribution in [1.29, 1.82) is 0 Å². The molecule has 0 atom stereocenters. The zero-order valence-corrected chi connectivity index (χ0v) is 17.0. The Morgan fingerprint density at radius 2 is 1.76 bits per heavy atom. The van der Waals surface area contributed by atoms with Crippen LogP contribution in [-0.4, -0.2) is 47.2 Å². The van der Waals surface area contributed by atoms with Crippen LogP contribution in [0.25, 0.3) is 11.0 Å². The van der Waals surface area contributed by atoms with Gasteiger partial charge in [-0.3, -0.25) is 4.79 Å². The van der Waals surface area contributed by atoms with Gasteiger partial charge in [0, 0.05) is 19.6 Å². The summed E-state index contributed by atoms with van der Waals surface area (Å²) in [4.78, 5) is 19.1. The number of para-hydroxylation sites is 2. The number of nitrogens with zero attached hydrogens (tertiary/aromatic N) is 3. The van der Waals surface area contributed by atoms with Gasteiger partial charge < -0.3 is 18.9 Å². The van der Waals surface area contributed by atoms with Gasteiger partial charge in [-0.1, -0.05) is 12.1 Å². The quantitative estimate of drug-likeness (QED) is 0.641. The van der Waals surface area contributed by atoms with Gasteiger partial charge in [-0.15, -0.1) is 0 Å². The molecule has 0 aliphatic carbocycles. The molecular formula is C23H27N3O3. The molecule has 6 nitrogen and oxygen atoms in total. The van der Waals surface area contributed by atoms with Crippen LogP contribution < -0.4 is 9.47 Å². The summed E-state index contributed by atoms with van der Waals surface area (Å²) in [6, 6.07) is 15.6. The average Bonchev–Trinajstić information content (AvgIpc) is 3.08. The van der Waals surface area contributed by atoms with Crippen LogP contribution in [0.3, 0.4) is 0 Å². The van der Waals surface area contributed by atoms with Crippen LogP contribution in [0.15, 0.2) is 48.5 Å². The summed E-state index contributed by atoms with van der Waals surface area (Å²) >= 11 is 0. The first-order valence-corrected chi connectivity index (χ1v) is 10.1. The number of carbonyl (C=O) groups is 1. The van der Waals surface area contributed by atoms with Crippen LogP contribution in [0.2, 0.25) is 0 Å². The summed E-state index contributed by atoms with van der Waals surface area (Å²) in [5, 5.41) is 0. The molecule has 152 valence electrons. The smallest absolute Gasteiger partial charge is 0.260 e. The van der Waals surface area contributed by atoms with E-state index in [4.69, 9.17) is 9.47 Å². The number of fused-ring (bicyclic) bond motifs is 1. The van der Waals surface area contributed by atoms with Crippen molar-refractivity contribution in [1.82, 2.24) is 14.5 Å². The molecule has 4 rings (SSSR count). The van der Waals surface area contributed by atoms with E-state index in [0.717, 1.165) is 49.6 Å². The lowest BCUT2D eigenvalue weighted by Gasteiger charge is -2.32. The number of aromatic nitrogens is 2. The number of aryl methyl sites for hydroxylation is 1. The van der Waals surface area contributed by atoms with Gasteiger partial charge >= 0.3 is 0 Å². The second kappa shape index (κ2) is 8.55. The molecule has 2 heterocycles. The van der Waals surface area contributed by atoms with Gasteiger partial charge in [0.05, 0.1) is 18.1 Å². The van der Waals surface area contributed by atoms with Crippen molar-refractivity contribution in [2.75, 3.05) is 26.8 Å². The summed E-state index contributed by atoms with van der Waals surface area (Å²) in [5.41, 5.74) is 2.24. The largest absolute Gasteiger partial charge is 0.497 e. The van der Waals surface area contributed by atoms with Gasteiger partial charge in [-0.05, 0) is 62.1 Å². The molecule has 1 aromatic heterocycles. The van der Waals surface area contributed by atoms with Gasteiger partial charge in [0.15, 0.2) is 6.61 Å². The van der Waals surface area contributed by atoms with Crippen molar-refractivity contribution in [3.8, 4) is 11.5 Å². The molecule has 2 aromatic carbocycles. The Labute approximate surface area is 171 Å². The number of imidazole rings is 1. The number of ether oxygens (including phenoxy) is 2. The lowest BCUT2D eigenvalue weighted by Crippen LogP contribution is -2.41. The van der Waals surface area contributed by atoms with Crippen molar-refractivity contribution in [2.24, 2.45) is 5.92 Å². The third-order valence-electron chi connectivity index (χ3n) is 5.68. The maximum Gasteiger partial charge on any atom is 0.260 e. The van der Waals surface area contributed by atoms with Gasteiger partial charge in [0.25, 0.3) is 5.91 Å². The number of benzene rings is 2. The third kappa shape index (κ3) is 4.36. The lowest BCUT2D eigenvalue weighted by molar-refractivity contribution is -0.134. The highest BCUT2D eigenvalue weighted by atomic mass is 16.5. The number of rotatable bonds is 6. The number of hydrogen-bond acceptors (Lipinski definition) is 4. The minimum Gasteiger partial charge on any atom is -0.497 e. The highest BCUT2D eigenvalue weighted by Gasteiger charge is 2.24. The molecule has 6 heteroatoms. The summed E-state index contributed by atoms with van der Waals surface area (Å²) in [6.07, 6.45) is 2.00. The van der Waals surface area contributed by atoms with E-state index >= 15 is 0 Å². The number of likely N-dealkylation sites (tertiary alicyclic amines) is 1. The monoisotopic (exact) mass is 393 g/mol. The maximum atomic E-state index is 12.5. The molecule has 0 saturated carbocycles. The molecule has 1 saturated heterocycles. The van der Waals surface area contributed by atoms with Crippen LogP contribution in [-0.2, 0) is 11.3 Å². The zero-order chi connectivity index (χ0) is 20.2. The highest BCUT2D eigenvalue weighted by molar-refractivity contribution is 5.78. The van der Waals surface area contributed by atoms with Gasteiger partial charge in [-0.2, -0.15) is 0 Å². The second-order valence-electron chi connectivity index (χ2n) is 7.55. The van der Waals surface area contributed by atoms with Crippen LogP contribution in [0, 0.1) is 12.8 Å². The van der Waals surface area contributed by atoms with Gasteiger partial charge in [-0.25, -0.2) is 4.98 Å². The summed E-state index contributed by atoms with van der Waals surface area (Å²) in [6.45, 7) is 4.65. The van der Waals surface area contributed by atoms with Crippen LogP contribution in [0.4, 0.5) is 0 Å². The zero-order valence-electron chi connectivity index (χ0n) is 17.0. The lowest BCUT2D eigenvalue weighted by atomic mass is 9.96. The number of piperidine rings is 1. The Balaban J connectivity index is 1.28. The molecule has 0 unspecified atom stereocenters. The Morgan fingerprint density at radius 1 is 1.07 bits per heavy atom. The van der Waals surface area contributed by atoms with Crippen LogP contribution in [0.5, 0.6) is 11.5 Å². The van der Waals surface area contributed by atoms with E-state index in [-0.39, 0.29) is 12.5 Å². The summed E-state index contributed by atoms with van der Waals surface area (Å²) in [5.74, 6) is 3.10. The average molecular weight is 393 g/mol. The molecule has 0 radical (unpaired) electrons. The molecule has 0 spiro atoms. The highest BCUT2D eigenvalue weighted by Crippen LogP contribution is 2.24. The Hall–Kier alpha value is -3.02.